The highest BCUT2D eigenvalue weighted by molar-refractivity contribution is 7.88. The van der Waals surface area contributed by atoms with Gasteiger partial charge in [-0.3, -0.25) is 0 Å². The second-order valence-corrected chi connectivity index (χ2v) is 10.8. The number of aromatic nitrogens is 3. The van der Waals surface area contributed by atoms with Crippen molar-refractivity contribution in [2.24, 2.45) is 0 Å². The number of nitrogens with one attached hydrogen (secondary N) is 2. The maximum absolute atomic E-state index is 11.7. The van der Waals surface area contributed by atoms with E-state index >= 15 is 0 Å². The molecule has 9 nitrogen and oxygen atoms in total. The lowest BCUT2D eigenvalue weighted by Crippen LogP contribution is -2.42. The highest BCUT2D eigenvalue weighted by Gasteiger charge is 2.37. The predicted molar refractivity (Wildman–Crippen MR) is 117 cm³/mol. The molecule has 0 bridgehead atoms. The summed E-state index contributed by atoms with van der Waals surface area (Å²) in [6.45, 7) is 2.78. The molecule has 164 valence electrons. The first-order valence-corrected chi connectivity index (χ1v) is 12.4. The van der Waals surface area contributed by atoms with Gasteiger partial charge in [0.25, 0.3) is 0 Å². The molecule has 30 heavy (non-hydrogen) atoms. The van der Waals surface area contributed by atoms with Crippen molar-refractivity contribution in [3.05, 3.63) is 17.4 Å². The molecule has 4 rings (SSSR count). The van der Waals surface area contributed by atoms with Crippen LogP contribution in [0.2, 0.25) is 5.15 Å². The average molecular weight is 455 g/mol. The molecule has 1 aliphatic heterocycles. The molecule has 11 heteroatoms. The number of hydrogen-bond acceptors (Lipinski definition) is 8. The molecule has 1 saturated carbocycles. The lowest BCUT2D eigenvalue weighted by atomic mass is 10.0. The second-order valence-electron chi connectivity index (χ2n) is 8.45. The Morgan fingerprint density at radius 3 is 2.60 bits per heavy atom. The fourth-order valence-corrected chi connectivity index (χ4v) is 5.31. The van der Waals surface area contributed by atoms with E-state index in [-0.39, 0.29) is 12.1 Å². The third-order valence-corrected chi connectivity index (χ3v) is 7.52. The molecule has 0 radical (unpaired) electrons. The van der Waals surface area contributed by atoms with E-state index in [0.29, 0.717) is 48.4 Å². The third-order valence-electron chi connectivity index (χ3n) is 6.03. The molecule has 2 aliphatic rings. The van der Waals surface area contributed by atoms with Crippen LogP contribution >= 0.6 is 11.6 Å². The molecule has 0 spiro atoms. The SMILES string of the molecule is CC1(O)CCCC1Nc1nc(Cl)cc2cnc(NC3CCN(S(C)(=O)=O)CC3)nc12. The van der Waals surface area contributed by atoms with E-state index < -0.39 is 15.6 Å². The summed E-state index contributed by atoms with van der Waals surface area (Å²) in [5.74, 6) is 0.993. The van der Waals surface area contributed by atoms with Gasteiger partial charge in [-0.25, -0.2) is 27.7 Å². The number of anilines is 2. The van der Waals surface area contributed by atoms with Crippen LogP contribution in [0.25, 0.3) is 10.9 Å². The molecule has 3 heterocycles. The van der Waals surface area contributed by atoms with Crippen molar-refractivity contribution in [2.45, 2.75) is 56.7 Å². The minimum absolute atomic E-state index is 0.0904. The number of sulfonamides is 1. The predicted octanol–water partition coefficient (Wildman–Crippen LogP) is 2.23. The average Bonchev–Trinajstić information content (AvgIpc) is 3.00. The first-order valence-electron chi connectivity index (χ1n) is 10.2. The molecule has 2 unspecified atom stereocenters. The molecule has 2 aromatic rings. The van der Waals surface area contributed by atoms with Gasteiger partial charge in [-0.2, -0.15) is 0 Å². The first kappa shape index (κ1) is 21.5. The summed E-state index contributed by atoms with van der Waals surface area (Å²) >= 11 is 6.19. The lowest BCUT2D eigenvalue weighted by Gasteiger charge is -2.30. The van der Waals surface area contributed by atoms with Crippen LogP contribution in [-0.4, -0.2) is 69.8 Å². The van der Waals surface area contributed by atoms with E-state index in [0.717, 1.165) is 24.6 Å². The van der Waals surface area contributed by atoms with Crippen molar-refractivity contribution in [3.8, 4) is 0 Å². The summed E-state index contributed by atoms with van der Waals surface area (Å²) in [5.41, 5.74) is -0.175. The molecule has 0 aromatic carbocycles. The van der Waals surface area contributed by atoms with Crippen LogP contribution in [0, 0.1) is 0 Å². The Kier molecular flexibility index (Phi) is 5.78. The summed E-state index contributed by atoms with van der Waals surface area (Å²) < 4.78 is 24.9. The largest absolute Gasteiger partial charge is 0.388 e. The summed E-state index contributed by atoms with van der Waals surface area (Å²) in [6, 6.07) is 1.68. The van der Waals surface area contributed by atoms with Crippen LogP contribution in [0.5, 0.6) is 0 Å². The number of fused-ring (bicyclic) bond motifs is 1. The first-order chi connectivity index (χ1) is 14.1. The van der Waals surface area contributed by atoms with Crippen molar-refractivity contribution >= 4 is 44.3 Å². The van der Waals surface area contributed by atoms with Gasteiger partial charge >= 0.3 is 0 Å². The number of hydrogen-bond donors (Lipinski definition) is 3. The molecule has 3 N–H and O–H groups in total. The summed E-state index contributed by atoms with van der Waals surface area (Å²) in [6.07, 6.45) is 6.82. The zero-order valence-electron chi connectivity index (χ0n) is 17.1. The van der Waals surface area contributed by atoms with E-state index in [1.54, 1.807) is 12.3 Å². The third kappa shape index (κ3) is 4.61. The molecule has 1 aliphatic carbocycles. The number of piperidine rings is 1. The smallest absolute Gasteiger partial charge is 0.223 e. The van der Waals surface area contributed by atoms with Crippen LogP contribution in [0.1, 0.15) is 39.0 Å². The van der Waals surface area contributed by atoms with Gasteiger partial charge in [-0.05, 0) is 45.1 Å². The zero-order valence-corrected chi connectivity index (χ0v) is 18.7. The summed E-state index contributed by atoms with van der Waals surface area (Å²) in [7, 11) is -3.16. The van der Waals surface area contributed by atoms with E-state index in [1.807, 2.05) is 6.92 Å². The van der Waals surface area contributed by atoms with Gasteiger partial charge in [0.05, 0.1) is 17.9 Å². The molecular formula is C19H27ClN6O3S. The van der Waals surface area contributed by atoms with Gasteiger partial charge < -0.3 is 15.7 Å². The highest BCUT2D eigenvalue weighted by Crippen LogP contribution is 2.33. The number of nitrogens with zero attached hydrogens (tertiary/aromatic N) is 4. The van der Waals surface area contributed by atoms with E-state index in [2.05, 4.69) is 25.6 Å². The maximum Gasteiger partial charge on any atom is 0.223 e. The van der Waals surface area contributed by atoms with E-state index in [4.69, 9.17) is 11.6 Å². The van der Waals surface area contributed by atoms with Crippen LogP contribution in [0.4, 0.5) is 11.8 Å². The Bertz CT molecular complexity index is 1040. The number of rotatable bonds is 5. The Morgan fingerprint density at radius 1 is 1.23 bits per heavy atom. The van der Waals surface area contributed by atoms with E-state index in [1.165, 1.54) is 10.6 Å². The fourth-order valence-electron chi connectivity index (χ4n) is 4.23. The Morgan fingerprint density at radius 2 is 1.97 bits per heavy atom. The zero-order chi connectivity index (χ0) is 21.5. The number of halogens is 1. The van der Waals surface area contributed by atoms with Gasteiger partial charge in [-0.1, -0.05) is 11.6 Å². The molecule has 2 fully saturated rings. The quantitative estimate of drug-likeness (QED) is 0.588. The Hall–Kier alpha value is -1.75. The standard InChI is InChI=1S/C19H27ClN6O3S/c1-19(27)7-3-4-14(19)23-17-16-12(10-15(20)24-17)11-21-18(25-16)22-13-5-8-26(9-6-13)30(2,28)29/h10-11,13-14,27H,3-9H2,1-2H3,(H,23,24)(H,21,22,25). The van der Waals surface area contributed by atoms with Gasteiger partial charge in [0.1, 0.15) is 10.7 Å². The van der Waals surface area contributed by atoms with Gasteiger partial charge in [-0.15, -0.1) is 0 Å². The van der Waals surface area contributed by atoms with Crippen LogP contribution in [-0.2, 0) is 10.0 Å². The summed E-state index contributed by atoms with van der Waals surface area (Å²) in [4.78, 5) is 13.4. The topological polar surface area (TPSA) is 120 Å². The lowest BCUT2D eigenvalue weighted by molar-refractivity contribution is 0.0578. The van der Waals surface area contributed by atoms with Crippen molar-refractivity contribution in [1.82, 2.24) is 19.3 Å². The number of pyridine rings is 1. The fraction of sp³-hybridized carbons (Fsp3) is 0.632. The molecule has 2 aromatic heterocycles. The molecule has 2 atom stereocenters. The normalized spacial score (nSPS) is 26.2. The molecule has 0 amide bonds. The van der Waals surface area contributed by atoms with Crippen LogP contribution in [0.3, 0.4) is 0 Å². The number of aliphatic hydroxyl groups is 1. The minimum Gasteiger partial charge on any atom is -0.388 e. The van der Waals surface area contributed by atoms with Crippen molar-refractivity contribution < 1.29 is 13.5 Å². The highest BCUT2D eigenvalue weighted by atomic mass is 35.5. The molecular weight excluding hydrogens is 428 g/mol. The van der Waals surface area contributed by atoms with Gasteiger partial charge in [0.15, 0.2) is 5.82 Å². The Balaban J connectivity index is 1.54. The monoisotopic (exact) mass is 454 g/mol. The summed E-state index contributed by atoms with van der Waals surface area (Å²) in [5, 5.41) is 18.3. The van der Waals surface area contributed by atoms with Crippen molar-refractivity contribution in [2.75, 3.05) is 30.0 Å². The van der Waals surface area contributed by atoms with Crippen LogP contribution in [0.15, 0.2) is 12.3 Å². The van der Waals surface area contributed by atoms with Crippen molar-refractivity contribution in [3.63, 3.8) is 0 Å². The Labute approximate surface area is 181 Å². The van der Waals surface area contributed by atoms with Gasteiger partial charge in [0, 0.05) is 30.7 Å². The minimum atomic E-state index is -3.16. The van der Waals surface area contributed by atoms with Gasteiger partial charge in [0.2, 0.25) is 16.0 Å². The van der Waals surface area contributed by atoms with E-state index in [9.17, 15) is 13.5 Å². The maximum atomic E-state index is 11.7. The van der Waals surface area contributed by atoms with Crippen molar-refractivity contribution in [1.29, 1.82) is 0 Å². The molecule has 1 saturated heterocycles. The van der Waals surface area contributed by atoms with Crippen LogP contribution < -0.4 is 10.6 Å². The second kappa shape index (κ2) is 8.07.